The molecule has 1 rings (SSSR count). The molecule has 1 amide bonds. The summed E-state index contributed by atoms with van der Waals surface area (Å²) in [4.78, 5) is 22.6. The fraction of sp³-hybridized carbons (Fsp3) is 0.800. The second-order valence-electron chi connectivity index (χ2n) is 3.72. The Hall–Kier alpha value is -1.10. The number of amides is 1. The van der Waals surface area contributed by atoms with Crippen LogP contribution in [0.4, 0.5) is 0 Å². The fourth-order valence-electron chi connectivity index (χ4n) is 1.71. The van der Waals surface area contributed by atoms with Gasteiger partial charge in [-0.15, -0.1) is 0 Å². The fourth-order valence-corrected chi connectivity index (χ4v) is 1.71. The van der Waals surface area contributed by atoms with Gasteiger partial charge in [-0.1, -0.05) is 0 Å². The van der Waals surface area contributed by atoms with Crippen LogP contribution in [0.2, 0.25) is 0 Å². The molecule has 2 atom stereocenters. The molecular weight excluding hydrogens is 196 g/mol. The smallest absolute Gasteiger partial charge is 0.322 e. The van der Waals surface area contributed by atoms with Crippen LogP contribution >= 0.6 is 0 Å². The summed E-state index contributed by atoms with van der Waals surface area (Å²) in [5.74, 6) is -0.560. The van der Waals surface area contributed by atoms with Gasteiger partial charge in [-0.3, -0.25) is 9.59 Å². The van der Waals surface area contributed by atoms with Gasteiger partial charge in [0.1, 0.15) is 6.04 Å². The molecule has 0 aromatic heterocycles. The lowest BCUT2D eigenvalue weighted by atomic mass is 9.92. The van der Waals surface area contributed by atoms with Crippen molar-refractivity contribution in [3.63, 3.8) is 0 Å². The molecule has 1 aliphatic heterocycles. The number of carbonyl (C=O) groups is 2. The highest BCUT2D eigenvalue weighted by atomic mass is 16.5. The van der Waals surface area contributed by atoms with Crippen LogP contribution in [0, 0.1) is 5.92 Å². The average molecular weight is 214 g/mol. The van der Waals surface area contributed by atoms with E-state index >= 15 is 0 Å². The van der Waals surface area contributed by atoms with Crippen molar-refractivity contribution in [3.8, 4) is 0 Å². The number of piperidine rings is 1. The van der Waals surface area contributed by atoms with E-state index in [1.54, 1.807) is 6.92 Å². The summed E-state index contributed by atoms with van der Waals surface area (Å²) >= 11 is 0. The van der Waals surface area contributed by atoms with Gasteiger partial charge in [-0.05, 0) is 26.2 Å². The second kappa shape index (κ2) is 5.70. The van der Waals surface area contributed by atoms with Gasteiger partial charge in [0.05, 0.1) is 6.61 Å². The maximum absolute atomic E-state index is 11.4. The summed E-state index contributed by atoms with van der Waals surface area (Å²) in [7, 11) is 0. The molecule has 86 valence electrons. The van der Waals surface area contributed by atoms with Crippen LogP contribution in [0.5, 0.6) is 0 Å². The van der Waals surface area contributed by atoms with E-state index in [1.165, 1.54) is 0 Å². The Kier molecular flexibility index (Phi) is 4.55. The predicted molar refractivity (Wildman–Crippen MR) is 55.0 cm³/mol. The third-order valence-electron chi connectivity index (χ3n) is 2.53. The summed E-state index contributed by atoms with van der Waals surface area (Å²) in [5.41, 5.74) is 5.64. The number of rotatable bonds is 4. The zero-order chi connectivity index (χ0) is 11.3. The molecule has 3 N–H and O–H groups in total. The SMILES string of the molecule is CCOC(=O)[C@@H](N)C[C@@H]1CCCNC1=O. The van der Waals surface area contributed by atoms with Gasteiger partial charge in [0.25, 0.3) is 0 Å². The van der Waals surface area contributed by atoms with Gasteiger partial charge in [0, 0.05) is 12.5 Å². The first-order valence-corrected chi connectivity index (χ1v) is 5.35. The molecule has 0 bridgehead atoms. The van der Waals surface area contributed by atoms with Gasteiger partial charge in [0.2, 0.25) is 5.91 Å². The molecule has 1 heterocycles. The van der Waals surface area contributed by atoms with Crippen LogP contribution in [0.1, 0.15) is 26.2 Å². The Labute approximate surface area is 89.3 Å². The number of hydrogen-bond acceptors (Lipinski definition) is 4. The number of carbonyl (C=O) groups excluding carboxylic acids is 2. The second-order valence-corrected chi connectivity index (χ2v) is 3.72. The molecule has 0 radical (unpaired) electrons. The first-order valence-electron chi connectivity index (χ1n) is 5.35. The maximum atomic E-state index is 11.4. The Morgan fingerprint density at radius 1 is 1.73 bits per heavy atom. The number of ether oxygens (including phenoxy) is 1. The first kappa shape index (κ1) is 12.0. The van der Waals surface area contributed by atoms with Crippen molar-refractivity contribution in [3.05, 3.63) is 0 Å². The Balaban J connectivity index is 2.38. The minimum Gasteiger partial charge on any atom is -0.465 e. The Morgan fingerprint density at radius 2 is 2.47 bits per heavy atom. The first-order chi connectivity index (χ1) is 7.15. The van der Waals surface area contributed by atoms with Crippen molar-refractivity contribution in [2.45, 2.75) is 32.2 Å². The van der Waals surface area contributed by atoms with Crippen LogP contribution in [-0.2, 0) is 14.3 Å². The van der Waals surface area contributed by atoms with E-state index < -0.39 is 12.0 Å². The molecule has 0 aliphatic carbocycles. The van der Waals surface area contributed by atoms with Gasteiger partial charge < -0.3 is 15.8 Å². The van der Waals surface area contributed by atoms with E-state index in [4.69, 9.17) is 10.5 Å². The third-order valence-corrected chi connectivity index (χ3v) is 2.53. The highest BCUT2D eigenvalue weighted by molar-refractivity contribution is 5.81. The highest BCUT2D eigenvalue weighted by Gasteiger charge is 2.27. The molecule has 5 nitrogen and oxygen atoms in total. The quantitative estimate of drug-likeness (QED) is 0.635. The standard InChI is InChI=1S/C10H18N2O3/c1-2-15-10(14)8(11)6-7-4-3-5-12-9(7)13/h7-8H,2-6,11H2,1H3,(H,12,13)/t7-,8-/m0/s1. The van der Waals surface area contributed by atoms with Crippen molar-refractivity contribution >= 4 is 11.9 Å². The van der Waals surface area contributed by atoms with Crippen molar-refractivity contribution in [1.82, 2.24) is 5.32 Å². The summed E-state index contributed by atoms with van der Waals surface area (Å²) in [6.45, 7) is 2.78. The van der Waals surface area contributed by atoms with E-state index in [2.05, 4.69) is 5.32 Å². The lowest BCUT2D eigenvalue weighted by Crippen LogP contribution is -2.42. The van der Waals surface area contributed by atoms with Crippen molar-refractivity contribution in [2.75, 3.05) is 13.2 Å². The zero-order valence-corrected chi connectivity index (χ0v) is 8.99. The molecule has 1 aliphatic rings. The largest absolute Gasteiger partial charge is 0.465 e. The van der Waals surface area contributed by atoms with Gasteiger partial charge >= 0.3 is 5.97 Å². The van der Waals surface area contributed by atoms with Gasteiger partial charge in [0.15, 0.2) is 0 Å². The summed E-state index contributed by atoms with van der Waals surface area (Å²) in [6, 6.07) is -0.682. The van der Waals surface area contributed by atoms with Crippen LogP contribution < -0.4 is 11.1 Å². The normalized spacial score (nSPS) is 23.1. The Morgan fingerprint density at radius 3 is 3.07 bits per heavy atom. The molecule has 1 saturated heterocycles. The van der Waals surface area contributed by atoms with Crippen molar-refractivity contribution < 1.29 is 14.3 Å². The molecule has 0 unspecified atom stereocenters. The van der Waals surface area contributed by atoms with Gasteiger partial charge in [-0.25, -0.2) is 0 Å². The van der Waals surface area contributed by atoms with Crippen molar-refractivity contribution in [2.24, 2.45) is 11.7 Å². The number of hydrogen-bond donors (Lipinski definition) is 2. The third kappa shape index (κ3) is 3.51. The highest BCUT2D eigenvalue weighted by Crippen LogP contribution is 2.16. The lowest BCUT2D eigenvalue weighted by Gasteiger charge is -2.23. The predicted octanol–water partition coefficient (Wildman–Crippen LogP) is -0.207. The zero-order valence-electron chi connectivity index (χ0n) is 8.99. The minimum absolute atomic E-state index is 0.000925. The molecule has 15 heavy (non-hydrogen) atoms. The minimum atomic E-state index is -0.682. The summed E-state index contributed by atoms with van der Waals surface area (Å²) in [6.07, 6.45) is 2.13. The topological polar surface area (TPSA) is 81.4 Å². The molecule has 0 spiro atoms. The molecule has 0 aromatic rings. The van der Waals surface area contributed by atoms with Gasteiger partial charge in [-0.2, -0.15) is 0 Å². The molecule has 5 heteroatoms. The average Bonchev–Trinajstić information content (AvgIpc) is 2.21. The number of nitrogens with two attached hydrogens (primary N) is 1. The lowest BCUT2D eigenvalue weighted by molar-refractivity contribution is -0.145. The Bertz CT molecular complexity index is 243. The number of esters is 1. The van der Waals surface area contributed by atoms with E-state index in [1.807, 2.05) is 0 Å². The van der Waals surface area contributed by atoms with Crippen LogP contribution in [-0.4, -0.2) is 31.1 Å². The molecule has 1 fully saturated rings. The van der Waals surface area contributed by atoms with Crippen LogP contribution in [0.25, 0.3) is 0 Å². The molecule has 0 saturated carbocycles. The molecular formula is C10H18N2O3. The van der Waals surface area contributed by atoms with Crippen LogP contribution in [0.3, 0.4) is 0 Å². The van der Waals surface area contributed by atoms with E-state index in [0.29, 0.717) is 13.0 Å². The monoisotopic (exact) mass is 214 g/mol. The summed E-state index contributed by atoms with van der Waals surface area (Å²) in [5, 5.41) is 2.76. The molecule has 0 aromatic carbocycles. The summed E-state index contributed by atoms with van der Waals surface area (Å²) < 4.78 is 4.78. The van der Waals surface area contributed by atoms with Crippen LogP contribution in [0.15, 0.2) is 0 Å². The van der Waals surface area contributed by atoms with E-state index in [-0.39, 0.29) is 11.8 Å². The number of nitrogens with one attached hydrogen (secondary N) is 1. The van der Waals surface area contributed by atoms with E-state index in [9.17, 15) is 9.59 Å². The van der Waals surface area contributed by atoms with Crippen molar-refractivity contribution in [1.29, 1.82) is 0 Å². The van der Waals surface area contributed by atoms with E-state index in [0.717, 1.165) is 19.4 Å². The maximum Gasteiger partial charge on any atom is 0.322 e.